The van der Waals surface area contributed by atoms with Gasteiger partial charge in [-0.25, -0.2) is 4.39 Å². The van der Waals surface area contributed by atoms with Crippen LogP contribution in [0.1, 0.15) is 31.4 Å². The van der Waals surface area contributed by atoms with Gasteiger partial charge < -0.3 is 10.2 Å². The molecule has 2 rings (SSSR count). The molecule has 0 saturated carbocycles. The molecule has 0 aliphatic carbocycles. The molecule has 30 heavy (non-hydrogen) atoms. The fourth-order valence-electron chi connectivity index (χ4n) is 2.75. The lowest BCUT2D eigenvalue weighted by molar-refractivity contribution is -0.138. The fraction of sp³-hybridized carbons (Fsp3) is 0.364. The zero-order chi connectivity index (χ0) is 22.1. The van der Waals surface area contributed by atoms with Crippen molar-refractivity contribution in [2.45, 2.75) is 38.6 Å². The number of halogens is 3. The highest BCUT2D eigenvalue weighted by atomic mass is 35.5. The number of amides is 2. The second-order valence-corrected chi connectivity index (χ2v) is 8.61. The van der Waals surface area contributed by atoms with Crippen LogP contribution in [0.15, 0.2) is 42.5 Å². The molecule has 8 heteroatoms. The van der Waals surface area contributed by atoms with E-state index in [4.69, 9.17) is 23.2 Å². The Morgan fingerprint density at radius 1 is 1.13 bits per heavy atom. The minimum atomic E-state index is -0.678. The van der Waals surface area contributed by atoms with Crippen molar-refractivity contribution >= 4 is 46.8 Å². The Morgan fingerprint density at radius 3 is 2.37 bits per heavy atom. The molecule has 2 amide bonds. The van der Waals surface area contributed by atoms with Crippen molar-refractivity contribution < 1.29 is 14.0 Å². The third-order valence-corrected chi connectivity index (χ3v) is 6.21. The van der Waals surface area contributed by atoms with Gasteiger partial charge in [0, 0.05) is 34.5 Å². The maximum atomic E-state index is 13.0. The van der Waals surface area contributed by atoms with Gasteiger partial charge in [-0.05, 0) is 43.2 Å². The summed E-state index contributed by atoms with van der Waals surface area (Å²) in [7, 11) is 0. The maximum absolute atomic E-state index is 13.0. The lowest BCUT2D eigenvalue weighted by atomic mass is 10.1. The minimum absolute atomic E-state index is 0.134. The molecule has 0 saturated heterocycles. The Hall–Kier alpha value is -1.76. The van der Waals surface area contributed by atoms with Crippen LogP contribution in [0.2, 0.25) is 10.0 Å². The number of thioether (sulfide) groups is 1. The summed E-state index contributed by atoms with van der Waals surface area (Å²) in [4.78, 5) is 27.0. The van der Waals surface area contributed by atoms with Gasteiger partial charge >= 0.3 is 0 Å². The van der Waals surface area contributed by atoms with Crippen LogP contribution >= 0.6 is 35.0 Å². The van der Waals surface area contributed by atoms with Gasteiger partial charge in [0.2, 0.25) is 11.8 Å². The second kappa shape index (κ2) is 12.2. The van der Waals surface area contributed by atoms with E-state index in [1.165, 1.54) is 28.8 Å². The van der Waals surface area contributed by atoms with Gasteiger partial charge in [-0.2, -0.15) is 0 Å². The lowest BCUT2D eigenvalue weighted by Gasteiger charge is -2.29. The summed E-state index contributed by atoms with van der Waals surface area (Å²) >= 11 is 14.0. The van der Waals surface area contributed by atoms with Crippen molar-refractivity contribution in [2.24, 2.45) is 0 Å². The highest BCUT2D eigenvalue weighted by Crippen LogP contribution is 2.27. The van der Waals surface area contributed by atoms with Crippen molar-refractivity contribution in [3.63, 3.8) is 0 Å². The van der Waals surface area contributed by atoms with Crippen LogP contribution in [0.3, 0.4) is 0 Å². The molecule has 0 heterocycles. The molecule has 1 N–H and O–H groups in total. The third kappa shape index (κ3) is 7.18. The Bertz CT molecular complexity index is 844. The molecule has 2 aromatic rings. The van der Waals surface area contributed by atoms with Crippen molar-refractivity contribution in [1.29, 1.82) is 0 Å². The molecule has 0 fully saturated rings. The molecule has 0 aliphatic heterocycles. The number of carbonyl (C=O) groups is 2. The minimum Gasteiger partial charge on any atom is -0.354 e. The molecule has 0 radical (unpaired) electrons. The van der Waals surface area contributed by atoms with E-state index in [9.17, 15) is 14.0 Å². The Morgan fingerprint density at radius 2 is 1.77 bits per heavy atom. The maximum Gasteiger partial charge on any atom is 0.242 e. The largest absolute Gasteiger partial charge is 0.354 e. The molecule has 0 aliphatic rings. The van der Waals surface area contributed by atoms with Crippen LogP contribution in [0.5, 0.6) is 0 Å². The quantitative estimate of drug-likeness (QED) is 0.511. The summed E-state index contributed by atoms with van der Waals surface area (Å²) in [6, 6.07) is 10.6. The van der Waals surface area contributed by atoms with E-state index >= 15 is 0 Å². The van der Waals surface area contributed by atoms with Gasteiger partial charge in [-0.1, -0.05) is 48.3 Å². The number of hydrogen-bond donors (Lipinski definition) is 1. The van der Waals surface area contributed by atoms with Crippen LogP contribution in [0.4, 0.5) is 4.39 Å². The highest BCUT2D eigenvalue weighted by Gasteiger charge is 2.27. The van der Waals surface area contributed by atoms with Crippen molar-refractivity contribution in [3.05, 3.63) is 69.5 Å². The van der Waals surface area contributed by atoms with Crippen molar-refractivity contribution in [1.82, 2.24) is 10.2 Å². The smallest absolute Gasteiger partial charge is 0.242 e. The van der Waals surface area contributed by atoms with Crippen molar-refractivity contribution in [2.75, 3.05) is 12.3 Å². The van der Waals surface area contributed by atoms with Crippen LogP contribution in [0, 0.1) is 5.82 Å². The molecule has 0 unspecified atom stereocenters. The van der Waals surface area contributed by atoms with Gasteiger partial charge in [0.25, 0.3) is 0 Å². The number of benzene rings is 2. The van der Waals surface area contributed by atoms with Crippen LogP contribution in [-0.2, 0) is 21.9 Å². The van der Waals surface area contributed by atoms with E-state index in [-0.39, 0.29) is 29.9 Å². The van der Waals surface area contributed by atoms with Crippen LogP contribution in [0.25, 0.3) is 0 Å². The second-order valence-electron chi connectivity index (χ2n) is 6.81. The molecule has 1 atom stereocenters. The molecule has 2 aromatic carbocycles. The summed E-state index contributed by atoms with van der Waals surface area (Å²) in [5, 5.41) is 3.72. The molecule has 0 bridgehead atoms. The molecule has 4 nitrogen and oxygen atoms in total. The summed E-state index contributed by atoms with van der Waals surface area (Å²) in [6.07, 6.45) is 0.802. The molecular weight excluding hydrogens is 446 g/mol. The van der Waals surface area contributed by atoms with Crippen LogP contribution < -0.4 is 5.32 Å². The standard InChI is InChI=1S/C22H25Cl2FN2O2S/c1-3-11-26-22(29)15(2)27(12-18-19(23)5-4-6-20(18)24)21(28)14-30-13-16-7-9-17(25)10-8-16/h4-10,15H,3,11-14H2,1-2H3,(H,26,29)/t15-/m1/s1. The Balaban J connectivity index is 2.11. The topological polar surface area (TPSA) is 49.4 Å². The van der Waals surface area contributed by atoms with E-state index in [1.807, 2.05) is 6.92 Å². The van der Waals surface area contributed by atoms with Crippen molar-refractivity contribution in [3.8, 4) is 0 Å². The first-order chi connectivity index (χ1) is 14.3. The molecule has 0 aromatic heterocycles. The van der Waals surface area contributed by atoms with Gasteiger partial charge in [-0.15, -0.1) is 11.8 Å². The number of nitrogens with one attached hydrogen (secondary N) is 1. The predicted molar refractivity (Wildman–Crippen MR) is 122 cm³/mol. The molecular formula is C22H25Cl2FN2O2S. The summed E-state index contributed by atoms with van der Waals surface area (Å²) in [5.41, 5.74) is 1.52. The summed E-state index contributed by atoms with van der Waals surface area (Å²) < 4.78 is 13.0. The van der Waals surface area contributed by atoms with E-state index < -0.39 is 6.04 Å². The van der Waals surface area contributed by atoms with E-state index in [2.05, 4.69) is 5.32 Å². The molecule has 0 spiro atoms. The zero-order valence-corrected chi connectivity index (χ0v) is 19.3. The first kappa shape index (κ1) is 24.5. The first-order valence-corrected chi connectivity index (χ1v) is 11.6. The zero-order valence-electron chi connectivity index (χ0n) is 17.0. The Kier molecular flexibility index (Phi) is 9.95. The molecule has 162 valence electrons. The normalized spacial score (nSPS) is 11.8. The van der Waals surface area contributed by atoms with Gasteiger partial charge in [-0.3, -0.25) is 9.59 Å². The first-order valence-electron chi connectivity index (χ1n) is 9.65. The monoisotopic (exact) mass is 470 g/mol. The van der Waals surface area contributed by atoms with Gasteiger partial charge in [0.1, 0.15) is 11.9 Å². The fourth-order valence-corrected chi connectivity index (χ4v) is 4.14. The van der Waals surface area contributed by atoms with E-state index in [0.717, 1.165) is 12.0 Å². The lowest BCUT2D eigenvalue weighted by Crippen LogP contribution is -2.48. The van der Waals surface area contributed by atoms with Gasteiger partial charge in [0.15, 0.2) is 0 Å². The third-order valence-electron chi connectivity index (χ3n) is 4.51. The number of hydrogen-bond acceptors (Lipinski definition) is 3. The van der Waals surface area contributed by atoms with Gasteiger partial charge in [0.05, 0.1) is 5.75 Å². The predicted octanol–water partition coefficient (Wildman–Crippen LogP) is 5.31. The van der Waals surface area contributed by atoms with Crippen LogP contribution in [-0.4, -0.2) is 35.1 Å². The Labute approximate surface area is 191 Å². The number of nitrogens with zero attached hydrogens (tertiary/aromatic N) is 1. The highest BCUT2D eigenvalue weighted by molar-refractivity contribution is 7.99. The van der Waals surface area contributed by atoms with E-state index in [1.54, 1.807) is 37.3 Å². The van der Waals surface area contributed by atoms with E-state index in [0.29, 0.717) is 27.9 Å². The summed E-state index contributed by atoms with van der Waals surface area (Å²) in [5.74, 6) is 0.0113. The average Bonchev–Trinajstić information content (AvgIpc) is 2.72. The number of rotatable bonds is 10. The summed E-state index contributed by atoms with van der Waals surface area (Å²) in [6.45, 7) is 4.33. The average molecular weight is 471 g/mol. The SMILES string of the molecule is CCCNC(=O)[C@@H](C)N(Cc1c(Cl)cccc1Cl)C(=O)CSCc1ccc(F)cc1. The number of carbonyl (C=O) groups excluding carboxylic acids is 2.